The molecule has 4 heteroatoms. The smallest absolute Gasteiger partial charge is 0.230 e. The van der Waals surface area contributed by atoms with Crippen molar-refractivity contribution in [2.24, 2.45) is 0 Å². The van der Waals surface area contributed by atoms with Crippen molar-refractivity contribution in [3.05, 3.63) is 64.7 Å². The minimum Gasteiger partial charge on any atom is -0.497 e. The molecule has 0 saturated heterocycles. The first-order valence-electron chi connectivity index (χ1n) is 8.06. The molecule has 2 aromatic rings. The summed E-state index contributed by atoms with van der Waals surface area (Å²) in [5.41, 5.74) is 4.88. The second-order valence-electron chi connectivity index (χ2n) is 6.05. The Morgan fingerprint density at radius 3 is 2.33 bits per heavy atom. The first-order valence-corrected chi connectivity index (χ1v) is 9.21. The maximum atomic E-state index is 12.1. The van der Waals surface area contributed by atoms with Crippen LogP contribution in [0.15, 0.2) is 42.5 Å². The van der Waals surface area contributed by atoms with E-state index in [1.54, 1.807) is 18.9 Å². The van der Waals surface area contributed by atoms with Crippen molar-refractivity contribution in [2.45, 2.75) is 32.6 Å². The number of carbonyl (C=O) groups is 1. The highest BCUT2D eigenvalue weighted by Gasteiger charge is 2.10. The summed E-state index contributed by atoms with van der Waals surface area (Å²) in [5.74, 6) is 2.20. The van der Waals surface area contributed by atoms with Crippen LogP contribution in [0.5, 0.6) is 5.75 Å². The van der Waals surface area contributed by atoms with Crippen molar-refractivity contribution in [1.82, 2.24) is 5.32 Å². The van der Waals surface area contributed by atoms with Crippen LogP contribution in [0.4, 0.5) is 0 Å². The van der Waals surface area contributed by atoms with Gasteiger partial charge in [-0.15, -0.1) is 11.8 Å². The van der Waals surface area contributed by atoms with E-state index in [0.29, 0.717) is 5.75 Å². The van der Waals surface area contributed by atoms with Crippen molar-refractivity contribution in [2.75, 3.05) is 12.9 Å². The molecule has 24 heavy (non-hydrogen) atoms. The van der Waals surface area contributed by atoms with Gasteiger partial charge in [0.15, 0.2) is 0 Å². The van der Waals surface area contributed by atoms with E-state index in [2.05, 4.69) is 37.4 Å². The number of carbonyl (C=O) groups excluding carboxylic acids is 1. The second kappa shape index (κ2) is 8.78. The van der Waals surface area contributed by atoms with E-state index >= 15 is 0 Å². The normalized spacial score (nSPS) is 11.8. The molecule has 0 heterocycles. The fraction of sp³-hybridized carbons (Fsp3) is 0.350. The summed E-state index contributed by atoms with van der Waals surface area (Å²) in [4.78, 5) is 12.1. The summed E-state index contributed by atoms with van der Waals surface area (Å²) in [6.45, 7) is 6.20. The monoisotopic (exact) mass is 343 g/mol. The molecular weight excluding hydrogens is 318 g/mol. The molecule has 0 aliphatic carbocycles. The van der Waals surface area contributed by atoms with Crippen LogP contribution in [0.2, 0.25) is 0 Å². The van der Waals surface area contributed by atoms with Crippen molar-refractivity contribution < 1.29 is 9.53 Å². The average Bonchev–Trinajstić information content (AvgIpc) is 2.54. The van der Waals surface area contributed by atoms with Gasteiger partial charge >= 0.3 is 0 Å². The van der Waals surface area contributed by atoms with E-state index in [0.717, 1.165) is 17.1 Å². The van der Waals surface area contributed by atoms with Gasteiger partial charge in [0.05, 0.1) is 18.9 Å². The molecule has 2 rings (SSSR count). The summed E-state index contributed by atoms with van der Waals surface area (Å²) in [5, 5.41) is 3.04. The molecular formula is C20H25NO2S. The van der Waals surface area contributed by atoms with E-state index in [9.17, 15) is 4.79 Å². The number of thioether (sulfide) groups is 1. The molecule has 0 saturated carbocycles. The quantitative estimate of drug-likeness (QED) is 0.808. The van der Waals surface area contributed by atoms with Crippen LogP contribution >= 0.6 is 11.8 Å². The Hall–Kier alpha value is -1.94. The zero-order valence-corrected chi connectivity index (χ0v) is 15.6. The lowest BCUT2D eigenvalue weighted by atomic mass is 10.1. The van der Waals surface area contributed by atoms with Gasteiger partial charge in [0.1, 0.15) is 5.75 Å². The van der Waals surface area contributed by atoms with Gasteiger partial charge in [0.25, 0.3) is 0 Å². The third-order valence-corrected chi connectivity index (χ3v) is 4.78. The van der Waals surface area contributed by atoms with Gasteiger partial charge in [-0.05, 0) is 44.0 Å². The van der Waals surface area contributed by atoms with Crippen LogP contribution in [0, 0.1) is 13.8 Å². The molecule has 1 unspecified atom stereocenters. The zero-order chi connectivity index (χ0) is 17.5. The molecule has 0 spiro atoms. The van der Waals surface area contributed by atoms with Gasteiger partial charge in [-0.1, -0.05) is 41.5 Å². The first kappa shape index (κ1) is 18.4. The summed E-state index contributed by atoms with van der Waals surface area (Å²) in [7, 11) is 1.65. The zero-order valence-electron chi connectivity index (χ0n) is 14.8. The maximum Gasteiger partial charge on any atom is 0.230 e. The molecule has 0 fully saturated rings. The lowest BCUT2D eigenvalue weighted by Gasteiger charge is -2.14. The van der Waals surface area contributed by atoms with E-state index in [4.69, 9.17) is 4.74 Å². The Labute approximate surface area is 148 Å². The second-order valence-corrected chi connectivity index (χ2v) is 7.04. The highest BCUT2D eigenvalue weighted by atomic mass is 32.2. The van der Waals surface area contributed by atoms with Crippen LogP contribution in [0.25, 0.3) is 0 Å². The molecule has 0 aliphatic heterocycles. The number of hydrogen-bond acceptors (Lipinski definition) is 3. The summed E-state index contributed by atoms with van der Waals surface area (Å²) >= 11 is 1.64. The van der Waals surface area contributed by atoms with Crippen LogP contribution in [0.3, 0.4) is 0 Å². The van der Waals surface area contributed by atoms with Gasteiger partial charge in [0, 0.05) is 5.75 Å². The highest BCUT2D eigenvalue weighted by Crippen LogP contribution is 2.18. The third-order valence-electron chi connectivity index (χ3n) is 3.78. The molecule has 0 aliphatic rings. The molecule has 3 nitrogen and oxygen atoms in total. The number of methoxy groups -OCH3 is 1. The molecule has 128 valence electrons. The molecule has 0 radical (unpaired) electrons. The number of benzene rings is 2. The maximum absolute atomic E-state index is 12.1. The minimum absolute atomic E-state index is 0.00906. The van der Waals surface area contributed by atoms with Crippen molar-refractivity contribution in [1.29, 1.82) is 0 Å². The highest BCUT2D eigenvalue weighted by molar-refractivity contribution is 7.99. The summed E-state index contributed by atoms with van der Waals surface area (Å²) in [6, 6.07) is 14.3. The Balaban J connectivity index is 1.79. The molecule has 0 bridgehead atoms. The first-order chi connectivity index (χ1) is 11.5. The Bertz CT molecular complexity index is 662. The van der Waals surface area contributed by atoms with Gasteiger partial charge in [-0.2, -0.15) is 0 Å². The van der Waals surface area contributed by atoms with Crippen LogP contribution in [-0.2, 0) is 10.5 Å². The Morgan fingerprint density at radius 2 is 1.75 bits per heavy atom. The third kappa shape index (κ3) is 5.60. The van der Waals surface area contributed by atoms with Crippen LogP contribution in [-0.4, -0.2) is 18.8 Å². The van der Waals surface area contributed by atoms with Gasteiger partial charge in [0.2, 0.25) is 5.91 Å². The molecule has 1 N–H and O–H groups in total. The van der Waals surface area contributed by atoms with Crippen LogP contribution in [0.1, 0.15) is 35.2 Å². The number of rotatable bonds is 7. The topological polar surface area (TPSA) is 38.3 Å². The van der Waals surface area contributed by atoms with Gasteiger partial charge in [-0.3, -0.25) is 4.79 Å². The fourth-order valence-electron chi connectivity index (χ4n) is 2.67. The van der Waals surface area contributed by atoms with Crippen molar-refractivity contribution in [3.8, 4) is 5.75 Å². The van der Waals surface area contributed by atoms with E-state index in [1.165, 1.54) is 16.7 Å². The lowest BCUT2D eigenvalue weighted by Crippen LogP contribution is -2.28. The number of nitrogens with one attached hydrogen (secondary N) is 1. The standard InChI is InChI=1S/C20H25NO2S/c1-14-9-15(2)11-17(10-14)12-24-13-20(22)21-16(3)18-5-7-19(23-4)8-6-18/h5-11,16H,12-13H2,1-4H3,(H,21,22). The van der Waals surface area contributed by atoms with Crippen LogP contribution < -0.4 is 10.1 Å². The number of aryl methyl sites for hydroxylation is 2. The Kier molecular flexibility index (Phi) is 6.73. The lowest BCUT2D eigenvalue weighted by molar-refractivity contribution is -0.119. The predicted molar refractivity (Wildman–Crippen MR) is 102 cm³/mol. The number of hydrogen-bond donors (Lipinski definition) is 1. The van der Waals surface area contributed by atoms with E-state index in [-0.39, 0.29) is 11.9 Å². The van der Waals surface area contributed by atoms with Gasteiger partial charge in [-0.25, -0.2) is 0 Å². The Morgan fingerprint density at radius 1 is 1.12 bits per heavy atom. The minimum atomic E-state index is -0.00906. The summed E-state index contributed by atoms with van der Waals surface area (Å²) in [6.07, 6.45) is 0. The number of amides is 1. The average molecular weight is 343 g/mol. The molecule has 0 aromatic heterocycles. The largest absolute Gasteiger partial charge is 0.497 e. The predicted octanol–water partition coefficient (Wildman–Crippen LogP) is 4.42. The van der Waals surface area contributed by atoms with E-state index < -0.39 is 0 Å². The molecule has 1 atom stereocenters. The molecule has 2 aromatic carbocycles. The molecule has 1 amide bonds. The fourth-order valence-corrected chi connectivity index (χ4v) is 3.45. The van der Waals surface area contributed by atoms with Crippen molar-refractivity contribution >= 4 is 17.7 Å². The van der Waals surface area contributed by atoms with Crippen molar-refractivity contribution in [3.63, 3.8) is 0 Å². The summed E-state index contributed by atoms with van der Waals surface area (Å²) < 4.78 is 5.15. The van der Waals surface area contributed by atoms with Gasteiger partial charge < -0.3 is 10.1 Å². The SMILES string of the molecule is COc1ccc(C(C)NC(=O)CSCc2cc(C)cc(C)c2)cc1. The number of ether oxygens (including phenoxy) is 1. The van der Waals surface area contributed by atoms with E-state index in [1.807, 2.05) is 31.2 Å².